The molecule has 0 aromatic heterocycles. The molecule has 1 aromatic rings. The summed E-state index contributed by atoms with van der Waals surface area (Å²) in [7, 11) is 1.68. The molecule has 37 heavy (non-hydrogen) atoms. The van der Waals surface area contributed by atoms with Crippen LogP contribution in [-0.2, 0) is 9.53 Å². The number of carbonyl (C=O) groups excluding carboxylic acids is 3. The average molecular weight is 514 g/mol. The van der Waals surface area contributed by atoms with Gasteiger partial charge in [-0.15, -0.1) is 0 Å². The second kappa shape index (κ2) is 12.0. The van der Waals surface area contributed by atoms with E-state index in [0.717, 1.165) is 18.5 Å². The highest BCUT2D eigenvalue weighted by Gasteiger charge is 2.37. The quantitative estimate of drug-likeness (QED) is 0.564. The Balaban J connectivity index is 1.89. The fourth-order valence-corrected chi connectivity index (χ4v) is 4.67. The molecule has 2 aliphatic heterocycles. The molecule has 9 nitrogen and oxygen atoms in total. The molecule has 1 aromatic carbocycles. The molecule has 4 amide bonds. The first-order valence-corrected chi connectivity index (χ1v) is 13.2. The van der Waals surface area contributed by atoms with Crippen molar-refractivity contribution in [3.05, 3.63) is 46.7 Å². The fourth-order valence-electron chi connectivity index (χ4n) is 4.67. The zero-order valence-electron chi connectivity index (χ0n) is 23.4. The maximum atomic E-state index is 13.3. The molecule has 0 saturated carbocycles. The van der Waals surface area contributed by atoms with Crippen LogP contribution in [0, 0.1) is 0 Å². The van der Waals surface area contributed by atoms with Crippen LogP contribution in [0.2, 0.25) is 0 Å². The Morgan fingerprint density at radius 3 is 2.38 bits per heavy atom. The summed E-state index contributed by atoms with van der Waals surface area (Å²) >= 11 is 0. The summed E-state index contributed by atoms with van der Waals surface area (Å²) < 4.78 is 5.46. The summed E-state index contributed by atoms with van der Waals surface area (Å²) in [6, 6.07) is 7.10. The first kappa shape index (κ1) is 28.5. The lowest BCUT2D eigenvalue weighted by atomic mass is 9.92. The van der Waals surface area contributed by atoms with E-state index in [1.165, 1.54) is 10.5 Å². The smallest absolute Gasteiger partial charge is 0.338 e. The third-order valence-corrected chi connectivity index (χ3v) is 6.74. The van der Waals surface area contributed by atoms with Crippen molar-refractivity contribution in [1.82, 2.24) is 25.3 Å². The molecule has 1 fully saturated rings. The third kappa shape index (κ3) is 7.25. The number of hydrogen-bond acceptors (Lipinski definition) is 5. The Bertz CT molecular complexity index is 1010. The Morgan fingerprint density at radius 2 is 1.78 bits per heavy atom. The van der Waals surface area contributed by atoms with Gasteiger partial charge in [-0.1, -0.05) is 38.1 Å². The average Bonchev–Trinajstić information content (AvgIpc) is 3.06. The van der Waals surface area contributed by atoms with Crippen molar-refractivity contribution in [2.45, 2.75) is 65.5 Å². The first-order chi connectivity index (χ1) is 17.4. The van der Waals surface area contributed by atoms with Crippen molar-refractivity contribution in [2.24, 2.45) is 0 Å². The van der Waals surface area contributed by atoms with Crippen LogP contribution >= 0.6 is 0 Å². The normalized spacial score (nSPS) is 19.6. The highest BCUT2D eigenvalue weighted by atomic mass is 16.5. The van der Waals surface area contributed by atoms with Gasteiger partial charge in [-0.2, -0.15) is 0 Å². The first-order valence-electron chi connectivity index (χ1n) is 13.2. The Morgan fingerprint density at radius 1 is 1.11 bits per heavy atom. The molecular formula is C28H43N5O4. The van der Waals surface area contributed by atoms with Crippen LogP contribution in [-0.4, -0.2) is 84.6 Å². The molecule has 1 atom stereocenters. The molecular weight excluding hydrogens is 470 g/mol. The number of hydrogen-bond donors (Lipinski definition) is 2. The van der Waals surface area contributed by atoms with Crippen molar-refractivity contribution in [1.29, 1.82) is 0 Å². The molecule has 3 rings (SSSR count). The number of rotatable bonds is 6. The lowest BCUT2D eigenvalue weighted by Gasteiger charge is -2.36. The number of carbonyl (C=O) groups is 3. The molecule has 1 saturated heterocycles. The number of nitrogens with one attached hydrogen (secondary N) is 2. The van der Waals surface area contributed by atoms with Crippen LogP contribution in [0.5, 0.6) is 0 Å². The highest BCUT2D eigenvalue weighted by Crippen LogP contribution is 2.32. The van der Waals surface area contributed by atoms with E-state index >= 15 is 0 Å². The van der Waals surface area contributed by atoms with Gasteiger partial charge in [-0.25, -0.2) is 14.4 Å². The number of ether oxygens (including phenoxy) is 1. The monoisotopic (exact) mass is 513 g/mol. The van der Waals surface area contributed by atoms with Crippen LogP contribution in [0.15, 0.2) is 35.5 Å². The van der Waals surface area contributed by atoms with E-state index in [9.17, 15) is 14.4 Å². The molecule has 1 unspecified atom stereocenters. The fraction of sp³-hybridized carbons (Fsp3) is 0.607. The predicted octanol–water partition coefficient (Wildman–Crippen LogP) is 3.84. The number of benzene rings is 1. The zero-order chi connectivity index (χ0) is 27.3. The maximum Gasteiger partial charge on any atom is 0.338 e. The van der Waals surface area contributed by atoms with Crippen molar-refractivity contribution in [3.8, 4) is 0 Å². The van der Waals surface area contributed by atoms with Gasteiger partial charge >= 0.3 is 18.0 Å². The minimum atomic E-state index is -0.597. The minimum Gasteiger partial charge on any atom is -0.463 e. The molecule has 0 bridgehead atoms. The van der Waals surface area contributed by atoms with Crippen LogP contribution in [0.1, 0.15) is 71.0 Å². The molecule has 0 aliphatic carbocycles. The highest BCUT2D eigenvalue weighted by molar-refractivity contribution is 5.95. The molecule has 204 valence electrons. The predicted molar refractivity (Wildman–Crippen MR) is 144 cm³/mol. The summed E-state index contributed by atoms with van der Waals surface area (Å²) in [5.74, 6) is -0.0480. The van der Waals surface area contributed by atoms with Crippen molar-refractivity contribution < 1.29 is 19.1 Å². The summed E-state index contributed by atoms with van der Waals surface area (Å²) in [6.07, 6.45) is 0.801. The van der Waals surface area contributed by atoms with Gasteiger partial charge in [0.25, 0.3) is 0 Å². The zero-order valence-corrected chi connectivity index (χ0v) is 23.4. The van der Waals surface area contributed by atoms with Gasteiger partial charge < -0.3 is 20.3 Å². The number of urea groups is 2. The summed E-state index contributed by atoms with van der Waals surface area (Å²) in [5.41, 5.74) is 2.81. The number of likely N-dealkylation sites (N-methyl/N-ethyl adjacent to an activating group) is 1. The Kier molecular flexibility index (Phi) is 9.23. The van der Waals surface area contributed by atoms with E-state index in [4.69, 9.17) is 4.74 Å². The van der Waals surface area contributed by atoms with Gasteiger partial charge in [0.15, 0.2) is 0 Å². The second-order valence-corrected chi connectivity index (χ2v) is 11.1. The van der Waals surface area contributed by atoms with Gasteiger partial charge in [-0.3, -0.25) is 9.80 Å². The molecule has 2 aliphatic rings. The van der Waals surface area contributed by atoms with Crippen molar-refractivity contribution >= 4 is 18.0 Å². The number of nitrogens with zero attached hydrogens (tertiary/aromatic N) is 3. The van der Waals surface area contributed by atoms with Crippen LogP contribution in [0.3, 0.4) is 0 Å². The molecule has 0 radical (unpaired) electrons. The molecule has 2 heterocycles. The lowest BCUT2D eigenvalue weighted by molar-refractivity contribution is -0.139. The van der Waals surface area contributed by atoms with E-state index in [-0.39, 0.29) is 24.2 Å². The maximum absolute atomic E-state index is 13.3. The number of amides is 4. The topological polar surface area (TPSA) is 94.2 Å². The summed E-state index contributed by atoms with van der Waals surface area (Å²) in [5, 5.41) is 6.03. The SMILES string of the molecule is CCOC(=O)C1=C(CN2CCCN(C(=O)NC(C)(C)C)CC2)N(C)C(=O)NC1c1ccc(C(C)C)cc1. The second-order valence-electron chi connectivity index (χ2n) is 11.1. The largest absolute Gasteiger partial charge is 0.463 e. The summed E-state index contributed by atoms with van der Waals surface area (Å²) in [6.45, 7) is 15.2. The van der Waals surface area contributed by atoms with E-state index in [1.807, 2.05) is 49.9 Å². The van der Waals surface area contributed by atoms with Crippen LogP contribution < -0.4 is 10.6 Å². The van der Waals surface area contributed by atoms with E-state index in [0.29, 0.717) is 43.4 Å². The third-order valence-electron chi connectivity index (χ3n) is 6.74. The molecule has 2 N–H and O–H groups in total. The van der Waals surface area contributed by atoms with E-state index in [1.54, 1.807) is 14.0 Å². The Hall–Kier alpha value is -3.07. The summed E-state index contributed by atoms with van der Waals surface area (Å²) in [4.78, 5) is 44.5. The standard InChI is InChI=1S/C28H43N5O4/c1-8-37-25(34)23-22(18-32-14-9-15-33(17-16-32)27(36)30-28(4,5)6)31(7)26(35)29-24(23)21-12-10-20(11-13-21)19(2)3/h10-13,19,24H,8-9,14-18H2,1-7H3,(H,29,35)(H,30,36). The van der Waals surface area contributed by atoms with Gasteiger partial charge in [0, 0.05) is 51.0 Å². The van der Waals surface area contributed by atoms with Crippen LogP contribution in [0.4, 0.5) is 9.59 Å². The molecule has 9 heteroatoms. The Labute approximate surface area is 221 Å². The number of esters is 1. The van der Waals surface area contributed by atoms with Gasteiger partial charge in [0.05, 0.1) is 18.2 Å². The van der Waals surface area contributed by atoms with Crippen LogP contribution in [0.25, 0.3) is 0 Å². The van der Waals surface area contributed by atoms with E-state index in [2.05, 4.69) is 29.4 Å². The van der Waals surface area contributed by atoms with Crippen molar-refractivity contribution in [3.63, 3.8) is 0 Å². The van der Waals surface area contributed by atoms with Crippen molar-refractivity contribution in [2.75, 3.05) is 46.4 Å². The van der Waals surface area contributed by atoms with Gasteiger partial charge in [0.2, 0.25) is 0 Å². The minimum absolute atomic E-state index is 0.0696. The van der Waals surface area contributed by atoms with Gasteiger partial charge in [-0.05, 0) is 51.2 Å². The van der Waals surface area contributed by atoms with E-state index < -0.39 is 12.0 Å². The van der Waals surface area contributed by atoms with Gasteiger partial charge in [0.1, 0.15) is 0 Å². The molecule has 0 spiro atoms. The lowest BCUT2D eigenvalue weighted by Crippen LogP contribution is -2.50.